The second-order valence-corrected chi connectivity index (χ2v) is 4.28. The third-order valence-electron chi connectivity index (χ3n) is 2.59. The molecular formula is C9H11BrN2O. The van der Waals surface area contributed by atoms with Crippen molar-refractivity contribution < 1.29 is 0 Å². The van der Waals surface area contributed by atoms with Gasteiger partial charge in [0, 0.05) is 13.0 Å². The number of hydrogen-bond donors (Lipinski definition) is 0. The molecule has 13 heavy (non-hydrogen) atoms. The lowest BCUT2D eigenvalue weighted by molar-refractivity contribution is 0.407. The van der Waals surface area contributed by atoms with Crippen LogP contribution >= 0.6 is 15.9 Å². The van der Waals surface area contributed by atoms with E-state index in [4.69, 9.17) is 0 Å². The van der Waals surface area contributed by atoms with Crippen molar-refractivity contribution in [3.05, 3.63) is 26.8 Å². The van der Waals surface area contributed by atoms with E-state index in [0.717, 1.165) is 5.69 Å². The van der Waals surface area contributed by atoms with E-state index in [0.29, 0.717) is 10.4 Å². The predicted molar refractivity (Wildman–Crippen MR) is 53.8 cm³/mol. The highest BCUT2D eigenvalue weighted by molar-refractivity contribution is 9.10. The normalized spacial score (nSPS) is 17.1. The van der Waals surface area contributed by atoms with Crippen molar-refractivity contribution in [1.82, 2.24) is 9.55 Å². The standard InChI is InChI=1S/C9H11BrN2O/c1-12-5-11-8(6-3-2-4-6)7(10)9(12)13/h5-6H,2-4H2,1H3. The van der Waals surface area contributed by atoms with Crippen molar-refractivity contribution >= 4 is 15.9 Å². The van der Waals surface area contributed by atoms with Gasteiger partial charge in [-0.2, -0.15) is 0 Å². The van der Waals surface area contributed by atoms with Crippen LogP contribution in [-0.2, 0) is 7.05 Å². The zero-order valence-corrected chi connectivity index (χ0v) is 9.04. The van der Waals surface area contributed by atoms with Crippen molar-refractivity contribution in [3.8, 4) is 0 Å². The number of aromatic nitrogens is 2. The topological polar surface area (TPSA) is 34.9 Å². The molecule has 1 aliphatic carbocycles. The first-order valence-corrected chi connectivity index (χ1v) is 5.20. The summed E-state index contributed by atoms with van der Waals surface area (Å²) in [5.74, 6) is 0.503. The molecule has 1 aliphatic rings. The van der Waals surface area contributed by atoms with Crippen molar-refractivity contribution in [2.45, 2.75) is 25.2 Å². The van der Waals surface area contributed by atoms with Gasteiger partial charge in [0.05, 0.1) is 12.0 Å². The van der Waals surface area contributed by atoms with E-state index in [2.05, 4.69) is 20.9 Å². The van der Waals surface area contributed by atoms with Crippen LogP contribution in [0.4, 0.5) is 0 Å². The Labute approximate surface area is 84.9 Å². The van der Waals surface area contributed by atoms with Gasteiger partial charge in [0.15, 0.2) is 0 Å². The van der Waals surface area contributed by atoms with Crippen LogP contribution in [0.2, 0.25) is 0 Å². The summed E-state index contributed by atoms with van der Waals surface area (Å²) in [7, 11) is 1.71. The molecule has 0 bridgehead atoms. The van der Waals surface area contributed by atoms with Gasteiger partial charge >= 0.3 is 0 Å². The fourth-order valence-electron chi connectivity index (χ4n) is 1.49. The second kappa shape index (κ2) is 3.25. The summed E-state index contributed by atoms with van der Waals surface area (Å²) in [4.78, 5) is 15.8. The molecule has 0 aliphatic heterocycles. The van der Waals surface area contributed by atoms with E-state index in [1.807, 2.05) is 0 Å². The number of hydrogen-bond acceptors (Lipinski definition) is 2. The van der Waals surface area contributed by atoms with Crippen LogP contribution in [0.3, 0.4) is 0 Å². The molecule has 0 atom stereocenters. The van der Waals surface area contributed by atoms with Gasteiger partial charge in [0.25, 0.3) is 5.56 Å². The molecule has 70 valence electrons. The number of halogens is 1. The van der Waals surface area contributed by atoms with Crippen molar-refractivity contribution in [1.29, 1.82) is 0 Å². The molecule has 1 aromatic rings. The van der Waals surface area contributed by atoms with Crippen LogP contribution in [0.5, 0.6) is 0 Å². The average molecular weight is 243 g/mol. The van der Waals surface area contributed by atoms with Gasteiger partial charge in [0.2, 0.25) is 0 Å². The fraction of sp³-hybridized carbons (Fsp3) is 0.556. The van der Waals surface area contributed by atoms with E-state index >= 15 is 0 Å². The SMILES string of the molecule is Cn1cnc(C2CCC2)c(Br)c1=O. The van der Waals surface area contributed by atoms with E-state index in [-0.39, 0.29) is 5.56 Å². The zero-order chi connectivity index (χ0) is 9.42. The van der Waals surface area contributed by atoms with Gasteiger partial charge in [-0.25, -0.2) is 4.98 Å². The first-order chi connectivity index (χ1) is 6.20. The minimum absolute atomic E-state index is 0.0110. The molecule has 0 N–H and O–H groups in total. The Morgan fingerprint density at radius 2 is 2.31 bits per heavy atom. The Kier molecular flexibility index (Phi) is 2.24. The smallest absolute Gasteiger partial charge is 0.267 e. The molecule has 0 amide bonds. The van der Waals surface area contributed by atoms with Crippen LogP contribution in [0.1, 0.15) is 30.9 Å². The Morgan fingerprint density at radius 3 is 2.85 bits per heavy atom. The highest BCUT2D eigenvalue weighted by atomic mass is 79.9. The van der Waals surface area contributed by atoms with Gasteiger partial charge in [0.1, 0.15) is 4.47 Å². The minimum Gasteiger partial charge on any atom is -0.301 e. The summed E-state index contributed by atoms with van der Waals surface area (Å²) < 4.78 is 2.13. The van der Waals surface area contributed by atoms with Gasteiger partial charge in [-0.3, -0.25) is 4.79 Å². The summed E-state index contributed by atoms with van der Waals surface area (Å²) in [6.45, 7) is 0. The number of rotatable bonds is 1. The largest absolute Gasteiger partial charge is 0.301 e. The van der Waals surface area contributed by atoms with Crippen molar-refractivity contribution in [2.75, 3.05) is 0 Å². The van der Waals surface area contributed by atoms with Gasteiger partial charge in [-0.15, -0.1) is 0 Å². The highest BCUT2D eigenvalue weighted by Gasteiger charge is 2.24. The van der Waals surface area contributed by atoms with Gasteiger partial charge in [-0.1, -0.05) is 6.42 Å². The Hall–Kier alpha value is -0.640. The lowest BCUT2D eigenvalue weighted by atomic mass is 9.83. The molecule has 1 aromatic heterocycles. The maximum Gasteiger partial charge on any atom is 0.267 e. The monoisotopic (exact) mass is 242 g/mol. The number of aryl methyl sites for hydroxylation is 1. The molecule has 2 rings (SSSR count). The van der Waals surface area contributed by atoms with E-state index in [9.17, 15) is 4.79 Å². The Balaban J connectivity index is 2.47. The molecule has 0 radical (unpaired) electrons. The number of nitrogens with zero attached hydrogens (tertiary/aromatic N) is 2. The Morgan fingerprint density at radius 1 is 1.62 bits per heavy atom. The van der Waals surface area contributed by atoms with Gasteiger partial charge < -0.3 is 4.57 Å². The minimum atomic E-state index is 0.0110. The van der Waals surface area contributed by atoms with E-state index in [1.165, 1.54) is 23.8 Å². The van der Waals surface area contributed by atoms with E-state index < -0.39 is 0 Å². The van der Waals surface area contributed by atoms with Gasteiger partial charge in [-0.05, 0) is 28.8 Å². The average Bonchev–Trinajstić information content (AvgIpc) is 2.03. The van der Waals surface area contributed by atoms with Crippen LogP contribution < -0.4 is 5.56 Å². The lowest BCUT2D eigenvalue weighted by Crippen LogP contribution is -2.23. The van der Waals surface area contributed by atoms with Crippen LogP contribution in [0.25, 0.3) is 0 Å². The second-order valence-electron chi connectivity index (χ2n) is 3.49. The van der Waals surface area contributed by atoms with Crippen molar-refractivity contribution in [2.24, 2.45) is 7.05 Å². The summed E-state index contributed by atoms with van der Waals surface area (Å²) in [6.07, 6.45) is 5.19. The predicted octanol–water partition coefficient (Wildman–Crippen LogP) is 1.81. The van der Waals surface area contributed by atoms with Crippen LogP contribution in [0.15, 0.2) is 15.6 Å². The van der Waals surface area contributed by atoms with Crippen LogP contribution in [-0.4, -0.2) is 9.55 Å². The molecule has 1 saturated carbocycles. The molecule has 1 heterocycles. The summed E-state index contributed by atoms with van der Waals surface area (Å²) in [5, 5.41) is 0. The fourth-order valence-corrected chi connectivity index (χ4v) is 2.19. The quantitative estimate of drug-likeness (QED) is 0.753. The maximum absolute atomic E-state index is 11.5. The molecule has 0 saturated heterocycles. The molecule has 0 aromatic carbocycles. The molecule has 3 nitrogen and oxygen atoms in total. The summed E-state index contributed by atoms with van der Waals surface area (Å²) in [6, 6.07) is 0. The first kappa shape index (κ1) is 8.94. The molecule has 1 fully saturated rings. The Bertz CT molecular complexity index is 382. The summed E-state index contributed by atoms with van der Waals surface area (Å²) in [5.41, 5.74) is 0.950. The third kappa shape index (κ3) is 1.43. The van der Waals surface area contributed by atoms with Crippen LogP contribution in [0, 0.1) is 0 Å². The molecule has 4 heteroatoms. The van der Waals surface area contributed by atoms with E-state index in [1.54, 1.807) is 13.4 Å². The highest BCUT2D eigenvalue weighted by Crippen LogP contribution is 2.37. The zero-order valence-electron chi connectivity index (χ0n) is 7.46. The lowest BCUT2D eigenvalue weighted by Gasteiger charge is -2.25. The third-order valence-corrected chi connectivity index (χ3v) is 3.34. The molecule has 0 unspecified atom stereocenters. The summed E-state index contributed by atoms with van der Waals surface area (Å²) >= 11 is 3.31. The molecular weight excluding hydrogens is 232 g/mol. The van der Waals surface area contributed by atoms with Crippen molar-refractivity contribution in [3.63, 3.8) is 0 Å². The first-order valence-electron chi connectivity index (χ1n) is 4.41. The molecule has 0 spiro atoms. The maximum atomic E-state index is 11.5.